The maximum Gasteiger partial charge on any atom is 0.101 e. The fourth-order valence-electron chi connectivity index (χ4n) is 2.25. The summed E-state index contributed by atoms with van der Waals surface area (Å²) in [6.07, 6.45) is 1.80. The van der Waals surface area contributed by atoms with Gasteiger partial charge in [-0.1, -0.05) is 24.6 Å². The number of halogens is 1. The number of rotatable bonds is 4. The first-order valence-corrected chi connectivity index (χ1v) is 6.95. The largest absolute Gasteiger partial charge is 0.469 e. The van der Waals surface area contributed by atoms with Crippen LogP contribution in [-0.2, 0) is 0 Å². The van der Waals surface area contributed by atoms with Crippen LogP contribution in [0.5, 0.6) is 0 Å². The lowest BCUT2D eigenvalue weighted by Crippen LogP contribution is -2.22. The molecule has 0 bridgehead atoms. The standard InChI is InChI=1S/C16H20ClNO/c1-5-18-16(13-8-12(4)19-9-13)14-6-10(2)11(3)7-15(14)17/h6-9,16,18H,5H2,1-4H3. The Morgan fingerprint density at radius 3 is 2.42 bits per heavy atom. The summed E-state index contributed by atoms with van der Waals surface area (Å²) in [4.78, 5) is 0. The molecule has 2 rings (SSSR count). The van der Waals surface area contributed by atoms with Gasteiger partial charge in [0.2, 0.25) is 0 Å². The van der Waals surface area contributed by atoms with Crippen molar-refractivity contribution in [3.63, 3.8) is 0 Å². The summed E-state index contributed by atoms with van der Waals surface area (Å²) in [7, 11) is 0. The van der Waals surface area contributed by atoms with Gasteiger partial charge in [-0.05, 0) is 56.1 Å². The van der Waals surface area contributed by atoms with E-state index in [2.05, 4.69) is 38.2 Å². The molecule has 2 aromatic rings. The van der Waals surface area contributed by atoms with E-state index in [9.17, 15) is 0 Å². The molecule has 0 saturated heterocycles. The van der Waals surface area contributed by atoms with Gasteiger partial charge < -0.3 is 9.73 Å². The van der Waals surface area contributed by atoms with Gasteiger partial charge in [0.05, 0.1) is 12.3 Å². The monoisotopic (exact) mass is 277 g/mol. The lowest BCUT2D eigenvalue weighted by Gasteiger charge is -2.19. The molecule has 102 valence electrons. The normalized spacial score (nSPS) is 12.7. The Bertz CT molecular complexity index is 574. The van der Waals surface area contributed by atoms with Gasteiger partial charge in [-0.25, -0.2) is 0 Å². The zero-order valence-electron chi connectivity index (χ0n) is 11.9. The molecular formula is C16H20ClNO. The minimum atomic E-state index is 0.0780. The molecule has 0 spiro atoms. The number of hydrogen-bond acceptors (Lipinski definition) is 2. The first kappa shape index (κ1) is 14.2. The maximum absolute atomic E-state index is 6.42. The van der Waals surface area contributed by atoms with E-state index in [1.807, 2.05) is 13.0 Å². The second-order valence-corrected chi connectivity index (χ2v) is 5.35. The first-order valence-electron chi connectivity index (χ1n) is 6.58. The third kappa shape index (κ3) is 3.02. The zero-order valence-corrected chi connectivity index (χ0v) is 12.6. The van der Waals surface area contributed by atoms with Gasteiger partial charge >= 0.3 is 0 Å². The molecular weight excluding hydrogens is 258 g/mol. The molecule has 1 atom stereocenters. The molecule has 1 N–H and O–H groups in total. The van der Waals surface area contributed by atoms with Gasteiger partial charge in [-0.15, -0.1) is 0 Å². The predicted molar refractivity (Wildman–Crippen MR) is 79.9 cm³/mol. The predicted octanol–water partition coefficient (Wildman–Crippen LogP) is 4.56. The molecule has 0 aliphatic heterocycles. The Morgan fingerprint density at radius 2 is 1.84 bits per heavy atom. The smallest absolute Gasteiger partial charge is 0.101 e. The Balaban J connectivity index is 2.47. The quantitative estimate of drug-likeness (QED) is 0.886. The minimum absolute atomic E-state index is 0.0780. The molecule has 0 aliphatic rings. The van der Waals surface area contributed by atoms with Gasteiger partial charge in [0.15, 0.2) is 0 Å². The molecule has 0 saturated carbocycles. The van der Waals surface area contributed by atoms with Crippen LogP contribution >= 0.6 is 11.6 Å². The molecule has 0 radical (unpaired) electrons. The van der Waals surface area contributed by atoms with Crippen LogP contribution in [0.2, 0.25) is 5.02 Å². The minimum Gasteiger partial charge on any atom is -0.469 e. The summed E-state index contributed by atoms with van der Waals surface area (Å²) < 4.78 is 5.42. The molecule has 1 heterocycles. The van der Waals surface area contributed by atoms with Gasteiger partial charge in [0, 0.05) is 10.6 Å². The van der Waals surface area contributed by atoms with Crippen molar-refractivity contribution in [2.45, 2.75) is 33.7 Å². The zero-order chi connectivity index (χ0) is 14.0. The van der Waals surface area contributed by atoms with Gasteiger partial charge in [0.25, 0.3) is 0 Å². The van der Waals surface area contributed by atoms with E-state index in [1.54, 1.807) is 6.26 Å². The average Bonchev–Trinajstić information content (AvgIpc) is 2.78. The highest BCUT2D eigenvalue weighted by Gasteiger charge is 2.18. The molecule has 1 unspecified atom stereocenters. The Kier molecular flexibility index (Phi) is 4.33. The van der Waals surface area contributed by atoms with Gasteiger partial charge in [-0.2, -0.15) is 0 Å². The fraction of sp³-hybridized carbons (Fsp3) is 0.375. The second-order valence-electron chi connectivity index (χ2n) is 4.94. The lowest BCUT2D eigenvalue weighted by atomic mass is 9.97. The van der Waals surface area contributed by atoms with E-state index in [1.165, 1.54) is 11.1 Å². The van der Waals surface area contributed by atoms with Crippen molar-refractivity contribution in [3.8, 4) is 0 Å². The Labute approximate surface area is 119 Å². The van der Waals surface area contributed by atoms with E-state index in [-0.39, 0.29) is 6.04 Å². The molecule has 2 nitrogen and oxygen atoms in total. The summed E-state index contributed by atoms with van der Waals surface area (Å²) in [5, 5.41) is 4.27. The number of aryl methyl sites for hydroxylation is 3. The average molecular weight is 278 g/mol. The maximum atomic E-state index is 6.42. The van der Waals surface area contributed by atoms with Crippen LogP contribution in [0.25, 0.3) is 0 Å². The van der Waals surface area contributed by atoms with Crippen LogP contribution in [0.4, 0.5) is 0 Å². The summed E-state index contributed by atoms with van der Waals surface area (Å²) in [6, 6.07) is 6.32. The third-order valence-electron chi connectivity index (χ3n) is 3.42. The number of furan rings is 1. The number of hydrogen-bond donors (Lipinski definition) is 1. The van der Waals surface area contributed by atoms with Crippen molar-refractivity contribution in [2.75, 3.05) is 6.54 Å². The highest BCUT2D eigenvalue weighted by molar-refractivity contribution is 6.31. The number of nitrogens with one attached hydrogen (secondary N) is 1. The molecule has 19 heavy (non-hydrogen) atoms. The molecule has 0 aliphatic carbocycles. The molecule has 0 amide bonds. The van der Waals surface area contributed by atoms with Crippen LogP contribution in [0.3, 0.4) is 0 Å². The first-order chi connectivity index (χ1) is 9.02. The molecule has 3 heteroatoms. The SMILES string of the molecule is CCNC(c1coc(C)c1)c1cc(C)c(C)cc1Cl. The van der Waals surface area contributed by atoms with Gasteiger partial charge in [0.1, 0.15) is 5.76 Å². The van der Waals surface area contributed by atoms with E-state index in [0.29, 0.717) is 0 Å². The Hall–Kier alpha value is -1.25. The van der Waals surface area contributed by atoms with E-state index in [4.69, 9.17) is 16.0 Å². The molecule has 0 fully saturated rings. The van der Waals surface area contributed by atoms with Crippen LogP contribution in [0.1, 0.15) is 41.0 Å². The molecule has 1 aromatic carbocycles. The summed E-state index contributed by atoms with van der Waals surface area (Å²) in [5.74, 6) is 0.915. The van der Waals surface area contributed by atoms with Crippen LogP contribution in [0, 0.1) is 20.8 Å². The van der Waals surface area contributed by atoms with Crippen molar-refractivity contribution >= 4 is 11.6 Å². The highest BCUT2D eigenvalue weighted by atomic mass is 35.5. The highest BCUT2D eigenvalue weighted by Crippen LogP contribution is 2.31. The third-order valence-corrected chi connectivity index (χ3v) is 3.74. The van der Waals surface area contributed by atoms with Crippen molar-refractivity contribution in [1.29, 1.82) is 0 Å². The number of benzene rings is 1. The lowest BCUT2D eigenvalue weighted by molar-refractivity contribution is 0.525. The summed E-state index contributed by atoms with van der Waals surface area (Å²) in [6.45, 7) is 9.11. The van der Waals surface area contributed by atoms with Crippen molar-refractivity contribution in [1.82, 2.24) is 5.32 Å². The summed E-state index contributed by atoms with van der Waals surface area (Å²) >= 11 is 6.42. The van der Waals surface area contributed by atoms with E-state index < -0.39 is 0 Å². The summed E-state index contributed by atoms with van der Waals surface area (Å²) in [5.41, 5.74) is 4.69. The van der Waals surface area contributed by atoms with Crippen molar-refractivity contribution in [2.24, 2.45) is 0 Å². The Morgan fingerprint density at radius 1 is 1.16 bits per heavy atom. The topological polar surface area (TPSA) is 25.2 Å². The van der Waals surface area contributed by atoms with E-state index >= 15 is 0 Å². The van der Waals surface area contributed by atoms with Crippen molar-refractivity contribution < 1.29 is 4.42 Å². The molecule has 1 aromatic heterocycles. The fourth-order valence-corrected chi connectivity index (χ4v) is 2.58. The van der Waals surface area contributed by atoms with Gasteiger partial charge in [-0.3, -0.25) is 0 Å². The second kappa shape index (κ2) is 5.81. The van der Waals surface area contributed by atoms with Crippen LogP contribution < -0.4 is 5.32 Å². The van der Waals surface area contributed by atoms with Crippen molar-refractivity contribution in [3.05, 3.63) is 57.5 Å². The van der Waals surface area contributed by atoms with Crippen LogP contribution in [0.15, 0.2) is 28.9 Å². The van der Waals surface area contributed by atoms with Crippen LogP contribution in [-0.4, -0.2) is 6.54 Å². The van der Waals surface area contributed by atoms with E-state index in [0.717, 1.165) is 28.5 Å².